The molecule has 0 aliphatic carbocycles. The first-order valence-electron chi connectivity index (χ1n) is 8.33. The fraction of sp³-hybridized carbons (Fsp3) is 0.100. The van der Waals surface area contributed by atoms with Crippen LogP contribution in [0.2, 0.25) is 0 Å². The third-order valence-corrected chi connectivity index (χ3v) is 4.75. The quantitative estimate of drug-likeness (QED) is 0.546. The number of nitrogens with one attached hydrogen (secondary N) is 2. The normalized spacial score (nSPS) is 11.2. The van der Waals surface area contributed by atoms with Crippen LogP contribution in [0.1, 0.15) is 20.8 Å². The third kappa shape index (κ3) is 5.41. The summed E-state index contributed by atoms with van der Waals surface area (Å²) in [6.07, 6.45) is -4.79. The maximum Gasteiger partial charge on any atom is 0.418 e. The summed E-state index contributed by atoms with van der Waals surface area (Å²) in [5.74, 6) is -1.81. The Bertz CT molecular complexity index is 1020. The number of alkyl halides is 3. The van der Waals surface area contributed by atoms with Gasteiger partial charge in [-0.3, -0.25) is 9.59 Å². The number of halogens is 4. The van der Waals surface area contributed by atoms with Crippen molar-refractivity contribution in [1.29, 1.82) is 0 Å². The van der Waals surface area contributed by atoms with Crippen molar-refractivity contribution in [3.63, 3.8) is 0 Å². The van der Waals surface area contributed by atoms with Gasteiger partial charge in [0.05, 0.1) is 17.7 Å². The molecule has 0 unspecified atom stereocenters. The number of carbonyl (C=O) groups is 2. The van der Waals surface area contributed by atoms with Crippen molar-refractivity contribution in [2.75, 3.05) is 10.6 Å². The molecule has 3 aromatic rings. The second-order valence-corrected chi connectivity index (χ2v) is 7.06. The monoisotopic (exact) mass is 422 g/mol. The van der Waals surface area contributed by atoms with Crippen LogP contribution in [0, 0.1) is 5.82 Å². The summed E-state index contributed by atoms with van der Waals surface area (Å²) in [5.41, 5.74) is -1.51. The van der Waals surface area contributed by atoms with E-state index in [1.54, 1.807) is 17.5 Å². The molecule has 2 aromatic carbocycles. The van der Waals surface area contributed by atoms with Gasteiger partial charge in [0, 0.05) is 16.1 Å². The zero-order valence-corrected chi connectivity index (χ0v) is 15.5. The Balaban J connectivity index is 1.79. The first-order chi connectivity index (χ1) is 13.7. The number of rotatable bonds is 5. The summed E-state index contributed by atoms with van der Waals surface area (Å²) < 4.78 is 53.3. The highest BCUT2D eigenvalue weighted by molar-refractivity contribution is 7.10. The highest BCUT2D eigenvalue weighted by Crippen LogP contribution is 2.36. The molecule has 0 saturated heterocycles. The van der Waals surface area contributed by atoms with E-state index in [0.29, 0.717) is 0 Å². The van der Waals surface area contributed by atoms with E-state index in [4.69, 9.17) is 0 Å². The number of carbonyl (C=O) groups excluding carboxylic acids is 2. The molecule has 1 heterocycles. The van der Waals surface area contributed by atoms with Crippen LogP contribution in [0.15, 0.2) is 60.0 Å². The van der Waals surface area contributed by atoms with Crippen LogP contribution in [-0.2, 0) is 17.4 Å². The minimum Gasteiger partial charge on any atom is -0.325 e. The molecule has 1 aromatic heterocycles. The van der Waals surface area contributed by atoms with E-state index in [9.17, 15) is 27.2 Å². The van der Waals surface area contributed by atoms with E-state index < -0.39 is 35.1 Å². The van der Waals surface area contributed by atoms with Crippen molar-refractivity contribution in [3.8, 4) is 0 Å². The first kappa shape index (κ1) is 20.5. The Hall–Kier alpha value is -3.20. The third-order valence-electron chi connectivity index (χ3n) is 3.88. The number of anilines is 2. The van der Waals surface area contributed by atoms with E-state index in [0.717, 1.165) is 29.1 Å². The predicted octanol–water partition coefficient (Wildman–Crippen LogP) is 5.34. The highest BCUT2D eigenvalue weighted by Gasteiger charge is 2.34. The molecule has 4 nitrogen and oxygen atoms in total. The summed E-state index contributed by atoms with van der Waals surface area (Å²) in [5, 5.41) is 6.37. The second-order valence-electron chi connectivity index (χ2n) is 6.02. The van der Waals surface area contributed by atoms with Crippen molar-refractivity contribution in [1.82, 2.24) is 0 Å². The van der Waals surface area contributed by atoms with Crippen molar-refractivity contribution < 1.29 is 27.2 Å². The zero-order valence-electron chi connectivity index (χ0n) is 14.7. The molecule has 3 rings (SSSR count). The molecular formula is C20H14F4N2O2S. The lowest BCUT2D eigenvalue weighted by atomic mass is 10.1. The van der Waals surface area contributed by atoms with Gasteiger partial charge in [0.25, 0.3) is 5.91 Å². The Labute approximate surface area is 167 Å². The first-order valence-corrected chi connectivity index (χ1v) is 9.21. The van der Waals surface area contributed by atoms with E-state index in [1.807, 2.05) is 0 Å². The van der Waals surface area contributed by atoms with Crippen LogP contribution >= 0.6 is 11.3 Å². The molecule has 0 aliphatic heterocycles. The Morgan fingerprint density at radius 3 is 2.31 bits per heavy atom. The lowest BCUT2D eigenvalue weighted by Gasteiger charge is -2.16. The maximum absolute atomic E-state index is 13.5. The molecule has 2 N–H and O–H groups in total. The molecule has 0 atom stereocenters. The largest absolute Gasteiger partial charge is 0.418 e. The van der Waals surface area contributed by atoms with Crippen LogP contribution < -0.4 is 10.6 Å². The molecule has 2 amide bonds. The smallest absolute Gasteiger partial charge is 0.325 e. The number of benzene rings is 2. The van der Waals surface area contributed by atoms with E-state index in [2.05, 4.69) is 10.6 Å². The molecule has 150 valence electrons. The van der Waals surface area contributed by atoms with Crippen LogP contribution in [0.5, 0.6) is 0 Å². The highest BCUT2D eigenvalue weighted by atomic mass is 32.1. The molecule has 9 heteroatoms. The number of hydrogen-bond acceptors (Lipinski definition) is 3. The average Bonchev–Trinajstić information content (AvgIpc) is 3.15. The summed E-state index contributed by atoms with van der Waals surface area (Å²) >= 11 is 1.33. The van der Waals surface area contributed by atoms with Gasteiger partial charge >= 0.3 is 6.18 Å². The van der Waals surface area contributed by atoms with Gasteiger partial charge in [0.2, 0.25) is 5.91 Å². The summed E-state index contributed by atoms with van der Waals surface area (Å²) in [6, 6.07) is 11.1. The second kappa shape index (κ2) is 8.44. The summed E-state index contributed by atoms with van der Waals surface area (Å²) in [7, 11) is 0. The van der Waals surface area contributed by atoms with Gasteiger partial charge in [-0.15, -0.1) is 11.3 Å². The number of hydrogen-bond donors (Lipinski definition) is 2. The molecule has 0 spiro atoms. The van der Waals surface area contributed by atoms with Crippen molar-refractivity contribution in [3.05, 3.63) is 81.8 Å². The lowest BCUT2D eigenvalue weighted by molar-refractivity contribution is -0.136. The van der Waals surface area contributed by atoms with E-state index in [-0.39, 0.29) is 17.7 Å². The van der Waals surface area contributed by atoms with Crippen LogP contribution in [0.3, 0.4) is 0 Å². The van der Waals surface area contributed by atoms with Crippen molar-refractivity contribution in [2.24, 2.45) is 0 Å². The van der Waals surface area contributed by atoms with Crippen molar-refractivity contribution >= 4 is 34.5 Å². The molecule has 0 bridgehead atoms. The molecule has 0 fully saturated rings. The molecule has 0 radical (unpaired) electrons. The van der Waals surface area contributed by atoms with Gasteiger partial charge in [0.1, 0.15) is 5.82 Å². The summed E-state index contributed by atoms with van der Waals surface area (Å²) in [6.45, 7) is 0. The topological polar surface area (TPSA) is 58.2 Å². The fourth-order valence-corrected chi connectivity index (χ4v) is 3.24. The van der Waals surface area contributed by atoms with Gasteiger partial charge in [-0.2, -0.15) is 13.2 Å². The standard InChI is InChI=1S/C20H14F4N2O2S/c21-13-5-3-12(4-6-13)19(28)25-14-7-8-17(16(10-14)20(22,23)24)26-18(27)11-15-2-1-9-29-15/h1-10H,11H2,(H,25,28)(H,26,27). The zero-order chi connectivity index (χ0) is 21.0. The Kier molecular flexibility index (Phi) is 5.97. The Morgan fingerprint density at radius 1 is 0.966 bits per heavy atom. The van der Waals surface area contributed by atoms with Crippen LogP contribution in [0.4, 0.5) is 28.9 Å². The molecule has 29 heavy (non-hydrogen) atoms. The Morgan fingerprint density at radius 2 is 1.69 bits per heavy atom. The molecular weight excluding hydrogens is 408 g/mol. The van der Waals surface area contributed by atoms with Gasteiger partial charge in [0.15, 0.2) is 0 Å². The minimum absolute atomic E-state index is 0.0436. The molecule has 0 saturated carbocycles. The summed E-state index contributed by atoms with van der Waals surface area (Å²) in [4.78, 5) is 24.9. The lowest BCUT2D eigenvalue weighted by Crippen LogP contribution is -2.19. The number of amides is 2. The average molecular weight is 422 g/mol. The van der Waals surface area contributed by atoms with Gasteiger partial charge in [-0.05, 0) is 53.9 Å². The number of thiophene rings is 1. The van der Waals surface area contributed by atoms with E-state index >= 15 is 0 Å². The van der Waals surface area contributed by atoms with E-state index in [1.165, 1.54) is 29.5 Å². The maximum atomic E-state index is 13.5. The minimum atomic E-state index is -4.75. The van der Waals surface area contributed by atoms with Crippen molar-refractivity contribution in [2.45, 2.75) is 12.6 Å². The molecule has 0 aliphatic rings. The van der Waals surface area contributed by atoms with Crippen LogP contribution in [0.25, 0.3) is 0 Å². The predicted molar refractivity (Wildman–Crippen MR) is 102 cm³/mol. The SMILES string of the molecule is O=C(Cc1cccs1)Nc1ccc(NC(=O)c2ccc(F)cc2)cc1C(F)(F)F. The van der Waals surface area contributed by atoms with Crippen LogP contribution in [-0.4, -0.2) is 11.8 Å². The van der Waals surface area contributed by atoms with Gasteiger partial charge in [-0.25, -0.2) is 4.39 Å². The fourth-order valence-electron chi connectivity index (χ4n) is 2.54. The van der Waals surface area contributed by atoms with Gasteiger partial charge < -0.3 is 10.6 Å². The van der Waals surface area contributed by atoms with Gasteiger partial charge in [-0.1, -0.05) is 6.07 Å².